The minimum atomic E-state index is 0.00532. The molecule has 0 radical (unpaired) electrons. The van der Waals surface area contributed by atoms with Crippen LogP contribution in [0.15, 0.2) is 12.1 Å². The van der Waals surface area contributed by atoms with E-state index in [0.29, 0.717) is 12.2 Å². The topological polar surface area (TPSA) is 59.0 Å². The lowest BCUT2D eigenvalue weighted by Crippen LogP contribution is -2.21. The molecule has 2 rings (SSSR count). The molecule has 2 N–H and O–H groups in total. The first kappa shape index (κ1) is 9.04. The summed E-state index contributed by atoms with van der Waals surface area (Å²) >= 11 is 0. The molecular formula is C11H12N2O. The summed E-state index contributed by atoms with van der Waals surface area (Å²) in [6.07, 6.45) is 0.821. The van der Waals surface area contributed by atoms with Crippen molar-refractivity contribution in [3.05, 3.63) is 28.8 Å². The average molecular weight is 188 g/mol. The Bertz CT molecular complexity index is 406. The second-order valence-electron chi connectivity index (χ2n) is 3.57. The number of aryl methyl sites for hydroxylation is 1. The van der Waals surface area contributed by atoms with Crippen LogP contribution in [0.5, 0.6) is 5.75 Å². The van der Waals surface area contributed by atoms with Crippen LogP contribution < -0.4 is 10.5 Å². The van der Waals surface area contributed by atoms with Crippen LogP contribution in [0, 0.1) is 18.3 Å². The molecule has 0 aromatic heterocycles. The standard InChI is InChI=1S/C11H12N2O/c1-7-4-8(6-12)5-9-10(13)2-3-14-11(7)9/h4-5,10H,2-3,13H2,1H3/t10-/m1/s1. The predicted octanol–water partition coefficient (Wildman–Crippen LogP) is 1.65. The van der Waals surface area contributed by atoms with Gasteiger partial charge in [0.1, 0.15) is 5.75 Å². The minimum absolute atomic E-state index is 0.00532. The summed E-state index contributed by atoms with van der Waals surface area (Å²) < 4.78 is 5.53. The number of nitrogens with zero attached hydrogens (tertiary/aromatic N) is 1. The van der Waals surface area contributed by atoms with Crippen LogP contribution in [0.2, 0.25) is 0 Å². The van der Waals surface area contributed by atoms with Crippen LogP contribution in [-0.4, -0.2) is 6.61 Å². The fourth-order valence-corrected chi connectivity index (χ4v) is 1.78. The van der Waals surface area contributed by atoms with Gasteiger partial charge in [0.2, 0.25) is 0 Å². The largest absolute Gasteiger partial charge is 0.493 e. The van der Waals surface area contributed by atoms with Crippen molar-refractivity contribution in [1.29, 1.82) is 5.26 Å². The highest BCUT2D eigenvalue weighted by molar-refractivity contribution is 5.49. The molecule has 72 valence electrons. The van der Waals surface area contributed by atoms with Crippen LogP contribution in [-0.2, 0) is 0 Å². The van der Waals surface area contributed by atoms with Crippen molar-refractivity contribution in [2.45, 2.75) is 19.4 Å². The Morgan fingerprint density at radius 2 is 2.36 bits per heavy atom. The van der Waals surface area contributed by atoms with E-state index in [0.717, 1.165) is 23.3 Å². The van der Waals surface area contributed by atoms with Gasteiger partial charge in [0.05, 0.1) is 18.2 Å². The third-order valence-electron chi connectivity index (χ3n) is 2.51. The summed E-state index contributed by atoms with van der Waals surface area (Å²) in [6, 6.07) is 5.79. The van der Waals surface area contributed by atoms with Gasteiger partial charge in [-0.15, -0.1) is 0 Å². The molecule has 1 aromatic rings. The first-order valence-electron chi connectivity index (χ1n) is 4.65. The summed E-state index contributed by atoms with van der Waals surface area (Å²) in [5, 5.41) is 8.82. The van der Waals surface area contributed by atoms with Crippen LogP contribution in [0.25, 0.3) is 0 Å². The van der Waals surface area contributed by atoms with Crippen molar-refractivity contribution in [2.75, 3.05) is 6.61 Å². The zero-order valence-corrected chi connectivity index (χ0v) is 8.08. The summed E-state index contributed by atoms with van der Waals surface area (Å²) in [5.41, 5.74) is 8.56. The minimum Gasteiger partial charge on any atom is -0.493 e. The predicted molar refractivity (Wildman–Crippen MR) is 52.9 cm³/mol. The van der Waals surface area contributed by atoms with E-state index in [1.165, 1.54) is 0 Å². The molecule has 0 unspecified atom stereocenters. The summed E-state index contributed by atoms with van der Waals surface area (Å²) in [4.78, 5) is 0. The molecule has 3 nitrogen and oxygen atoms in total. The van der Waals surface area contributed by atoms with Gasteiger partial charge in [0.25, 0.3) is 0 Å². The van der Waals surface area contributed by atoms with E-state index >= 15 is 0 Å². The van der Waals surface area contributed by atoms with Crippen LogP contribution in [0.1, 0.15) is 29.2 Å². The molecule has 0 fully saturated rings. The maximum Gasteiger partial charge on any atom is 0.127 e. The molecule has 3 heteroatoms. The van der Waals surface area contributed by atoms with E-state index in [-0.39, 0.29) is 6.04 Å². The molecule has 0 bridgehead atoms. The molecule has 1 atom stereocenters. The van der Waals surface area contributed by atoms with E-state index in [2.05, 4.69) is 6.07 Å². The molecule has 1 aliphatic rings. The fourth-order valence-electron chi connectivity index (χ4n) is 1.78. The molecule has 1 aliphatic heterocycles. The van der Waals surface area contributed by atoms with Crippen molar-refractivity contribution < 1.29 is 4.74 Å². The zero-order valence-electron chi connectivity index (χ0n) is 8.08. The number of hydrogen-bond donors (Lipinski definition) is 1. The van der Waals surface area contributed by atoms with Gasteiger partial charge < -0.3 is 10.5 Å². The third-order valence-corrected chi connectivity index (χ3v) is 2.51. The molecular weight excluding hydrogens is 176 g/mol. The number of ether oxygens (including phenoxy) is 1. The number of nitriles is 1. The van der Waals surface area contributed by atoms with Gasteiger partial charge in [-0.2, -0.15) is 5.26 Å². The van der Waals surface area contributed by atoms with Crippen molar-refractivity contribution in [2.24, 2.45) is 5.73 Å². The second-order valence-corrected chi connectivity index (χ2v) is 3.57. The van der Waals surface area contributed by atoms with Gasteiger partial charge in [-0.25, -0.2) is 0 Å². The first-order valence-corrected chi connectivity index (χ1v) is 4.65. The van der Waals surface area contributed by atoms with Gasteiger partial charge in [0.15, 0.2) is 0 Å². The highest BCUT2D eigenvalue weighted by atomic mass is 16.5. The van der Waals surface area contributed by atoms with Crippen LogP contribution in [0.3, 0.4) is 0 Å². The Morgan fingerprint density at radius 1 is 1.57 bits per heavy atom. The van der Waals surface area contributed by atoms with Gasteiger partial charge in [-0.3, -0.25) is 0 Å². The molecule has 1 heterocycles. The monoisotopic (exact) mass is 188 g/mol. The summed E-state index contributed by atoms with van der Waals surface area (Å²) in [6.45, 7) is 2.61. The van der Waals surface area contributed by atoms with Gasteiger partial charge in [-0.05, 0) is 24.6 Å². The lowest BCUT2D eigenvalue weighted by molar-refractivity contribution is 0.267. The van der Waals surface area contributed by atoms with E-state index in [4.69, 9.17) is 15.7 Å². The number of benzene rings is 1. The lowest BCUT2D eigenvalue weighted by atomic mass is 9.96. The second kappa shape index (κ2) is 3.32. The van der Waals surface area contributed by atoms with E-state index in [1.54, 1.807) is 0 Å². The van der Waals surface area contributed by atoms with E-state index < -0.39 is 0 Å². The Kier molecular flexibility index (Phi) is 2.14. The first-order chi connectivity index (χ1) is 6.72. The van der Waals surface area contributed by atoms with Gasteiger partial charge in [0, 0.05) is 18.0 Å². The van der Waals surface area contributed by atoms with E-state index in [1.807, 2.05) is 19.1 Å². The third kappa shape index (κ3) is 1.34. The maximum atomic E-state index is 8.82. The molecule has 14 heavy (non-hydrogen) atoms. The highest BCUT2D eigenvalue weighted by Gasteiger charge is 2.20. The lowest BCUT2D eigenvalue weighted by Gasteiger charge is -2.24. The molecule has 0 amide bonds. The number of hydrogen-bond acceptors (Lipinski definition) is 3. The quantitative estimate of drug-likeness (QED) is 0.673. The van der Waals surface area contributed by atoms with Crippen molar-refractivity contribution in [3.8, 4) is 11.8 Å². The van der Waals surface area contributed by atoms with Crippen molar-refractivity contribution in [3.63, 3.8) is 0 Å². The Balaban J connectivity index is 2.58. The van der Waals surface area contributed by atoms with Gasteiger partial charge >= 0.3 is 0 Å². The van der Waals surface area contributed by atoms with Crippen molar-refractivity contribution >= 4 is 0 Å². The number of nitrogens with two attached hydrogens (primary N) is 1. The van der Waals surface area contributed by atoms with Crippen molar-refractivity contribution in [1.82, 2.24) is 0 Å². The molecule has 1 aromatic carbocycles. The average Bonchev–Trinajstić information content (AvgIpc) is 2.19. The summed E-state index contributed by atoms with van der Waals surface area (Å²) in [7, 11) is 0. The van der Waals surface area contributed by atoms with E-state index in [9.17, 15) is 0 Å². The summed E-state index contributed by atoms with van der Waals surface area (Å²) in [5.74, 6) is 0.864. The number of rotatable bonds is 0. The normalized spacial score (nSPS) is 19.4. The molecule has 0 spiro atoms. The van der Waals surface area contributed by atoms with Crippen LogP contribution >= 0.6 is 0 Å². The smallest absolute Gasteiger partial charge is 0.127 e. The molecule has 0 saturated heterocycles. The van der Waals surface area contributed by atoms with Crippen LogP contribution in [0.4, 0.5) is 0 Å². The number of fused-ring (bicyclic) bond motifs is 1. The van der Waals surface area contributed by atoms with Gasteiger partial charge in [-0.1, -0.05) is 0 Å². The highest BCUT2D eigenvalue weighted by Crippen LogP contribution is 2.34. The zero-order chi connectivity index (χ0) is 10.1. The molecule has 0 saturated carbocycles. The Morgan fingerprint density at radius 3 is 3.07 bits per heavy atom. The Hall–Kier alpha value is -1.53. The SMILES string of the molecule is Cc1cc(C#N)cc2c1OCC[C@H]2N. The molecule has 0 aliphatic carbocycles. The Labute approximate surface area is 83.1 Å². The maximum absolute atomic E-state index is 8.82. The fraction of sp³-hybridized carbons (Fsp3) is 0.364.